The fraction of sp³-hybridized carbons (Fsp3) is 0.292. The number of carbonyl (C=O) groups is 2. The molecule has 6 heteroatoms. The van der Waals surface area contributed by atoms with E-state index in [-0.39, 0.29) is 17.9 Å². The zero-order chi connectivity index (χ0) is 21.9. The van der Waals surface area contributed by atoms with E-state index in [4.69, 9.17) is 9.47 Å². The van der Waals surface area contributed by atoms with Crippen LogP contribution in [-0.2, 0) is 19.1 Å². The predicted molar refractivity (Wildman–Crippen MR) is 112 cm³/mol. The first-order valence-corrected chi connectivity index (χ1v) is 9.70. The number of benzene rings is 2. The lowest BCUT2D eigenvalue weighted by Gasteiger charge is -2.13. The third-order valence-corrected chi connectivity index (χ3v) is 4.36. The number of rotatable bonds is 7. The minimum absolute atomic E-state index is 0.0606. The lowest BCUT2D eigenvalue weighted by Crippen LogP contribution is -2.12. The van der Waals surface area contributed by atoms with E-state index in [0.717, 1.165) is 12.5 Å². The highest BCUT2D eigenvalue weighted by molar-refractivity contribution is 5.81. The van der Waals surface area contributed by atoms with Crippen molar-refractivity contribution in [3.8, 4) is 17.6 Å². The van der Waals surface area contributed by atoms with Crippen molar-refractivity contribution in [3.63, 3.8) is 0 Å². The van der Waals surface area contributed by atoms with Crippen LogP contribution in [0.25, 0.3) is 0 Å². The molecule has 1 fully saturated rings. The Kier molecular flexibility index (Phi) is 8.64. The molecule has 1 saturated carbocycles. The zero-order valence-electron chi connectivity index (χ0n) is 17.1. The van der Waals surface area contributed by atoms with Crippen molar-refractivity contribution in [1.82, 2.24) is 0 Å². The molecule has 3 rings (SSSR count). The van der Waals surface area contributed by atoms with Crippen molar-refractivity contribution < 1.29 is 23.8 Å². The molecule has 0 amide bonds. The minimum atomic E-state index is -0.908. The molecule has 156 valence electrons. The average Bonchev–Trinajstić information content (AvgIpc) is 3.50. The van der Waals surface area contributed by atoms with Gasteiger partial charge < -0.3 is 14.2 Å². The molecule has 0 spiro atoms. The second-order valence-corrected chi connectivity index (χ2v) is 6.71. The predicted octanol–water partition coefficient (Wildman–Crippen LogP) is 4.98. The molecule has 1 aliphatic rings. The number of para-hydroxylation sites is 1. The molecule has 0 saturated heterocycles. The molecule has 0 radical (unpaired) electrons. The minimum Gasteiger partial charge on any atom is -0.463 e. The van der Waals surface area contributed by atoms with E-state index in [9.17, 15) is 14.9 Å². The zero-order valence-corrected chi connectivity index (χ0v) is 17.1. The van der Waals surface area contributed by atoms with Crippen LogP contribution in [0.3, 0.4) is 0 Å². The van der Waals surface area contributed by atoms with Gasteiger partial charge in [-0.25, -0.2) is 4.79 Å². The Morgan fingerprint density at radius 2 is 1.87 bits per heavy atom. The van der Waals surface area contributed by atoms with Crippen LogP contribution in [0.5, 0.6) is 11.5 Å². The van der Waals surface area contributed by atoms with Gasteiger partial charge in [0.15, 0.2) is 0 Å². The normalized spacial score (nSPS) is 17.2. The quantitative estimate of drug-likeness (QED) is 0.475. The molecule has 0 bridgehead atoms. The smallest absolute Gasteiger partial charge is 0.330 e. The molecule has 2 aromatic carbocycles. The maximum absolute atomic E-state index is 11.9. The SMILES string of the molecule is C=CC(=O)OCC.CC1C[C@H]1C(=O)O[C@H](C#N)c1cccc(Oc2ccccc2)c1. The van der Waals surface area contributed by atoms with Crippen molar-refractivity contribution in [3.05, 3.63) is 72.8 Å². The Labute approximate surface area is 176 Å². The van der Waals surface area contributed by atoms with Crippen molar-refractivity contribution in [2.45, 2.75) is 26.4 Å². The van der Waals surface area contributed by atoms with Gasteiger partial charge in [-0.3, -0.25) is 4.79 Å². The second kappa shape index (κ2) is 11.4. The first kappa shape index (κ1) is 22.7. The molecule has 6 nitrogen and oxygen atoms in total. The van der Waals surface area contributed by atoms with Crippen LogP contribution in [0.4, 0.5) is 0 Å². The second-order valence-electron chi connectivity index (χ2n) is 6.71. The van der Waals surface area contributed by atoms with E-state index in [2.05, 4.69) is 11.3 Å². The van der Waals surface area contributed by atoms with Gasteiger partial charge in [0.2, 0.25) is 6.10 Å². The number of ether oxygens (including phenoxy) is 3. The molecule has 1 aliphatic carbocycles. The molecule has 0 heterocycles. The van der Waals surface area contributed by atoms with Crippen molar-refractivity contribution in [1.29, 1.82) is 5.26 Å². The molecule has 3 atom stereocenters. The summed E-state index contributed by atoms with van der Waals surface area (Å²) >= 11 is 0. The standard InChI is InChI=1S/C19H17NO3.C5H8O2/c1-13-10-17(13)19(21)23-18(12-20)14-6-5-9-16(11-14)22-15-7-3-2-4-8-15;1-3-5(6)7-4-2/h2-9,11,13,17-18H,10H2,1H3;3H,1,4H2,2H3/t13?,17-,18-;/m1./s1. The van der Waals surface area contributed by atoms with Crippen molar-refractivity contribution in [2.24, 2.45) is 11.8 Å². The summed E-state index contributed by atoms with van der Waals surface area (Å²) in [7, 11) is 0. The summed E-state index contributed by atoms with van der Waals surface area (Å²) in [5.74, 6) is 0.955. The van der Waals surface area contributed by atoms with Gasteiger partial charge in [-0.05, 0) is 43.5 Å². The van der Waals surface area contributed by atoms with Crippen molar-refractivity contribution in [2.75, 3.05) is 6.61 Å². The highest BCUT2D eigenvalue weighted by Gasteiger charge is 2.41. The summed E-state index contributed by atoms with van der Waals surface area (Å²) in [6.45, 7) is 7.38. The van der Waals surface area contributed by atoms with Gasteiger partial charge in [-0.15, -0.1) is 0 Å². The number of esters is 2. The molecular weight excluding hydrogens is 382 g/mol. The first-order chi connectivity index (χ1) is 14.5. The summed E-state index contributed by atoms with van der Waals surface area (Å²) in [4.78, 5) is 22.0. The maximum atomic E-state index is 11.9. The summed E-state index contributed by atoms with van der Waals surface area (Å²) in [6.07, 6.45) is 1.08. The van der Waals surface area contributed by atoms with Crippen LogP contribution >= 0.6 is 0 Å². The monoisotopic (exact) mass is 407 g/mol. The number of nitrogens with zero attached hydrogens (tertiary/aromatic N) is 1. The third kappa shape index (κ3) is 7.10. The summed E-state index contributed by atoms with van der Waals surface area (Å²) in [5.41, 5.74) is 0.614. The van der Waals surface area contributed by atoms with Crippen LogP contribution in [0, 0.1) is 23.2 Å². The molecule has 0 aliphatic heterocycles. The van der Waals surface area contributed by atoms with E-state index in [0.29, 0.717) is 29.6 Å². The van der Waals surface area contributed by atoms with E-state index in [1.165, 1.54) is 0 Å². The van der Waals surface area contributed by atoms with Crippen LogP contribution in [0.2, 0.25) is 0 Å². The molecule has 2 aromatic rings. The van der Waals surface area contributed by atoms with E-state index < -0.39 is 6.10 Å². The molecule has 0 aromatic heterocycles. The molecule has 0 N–H and O–H groups in total. The lowest BCUT2D eigenvalue weighted by atomic mass is 10.1. The number of nitriles is 1. The third-order valence-electron chi connectivity index (χ3n) is 4.36. The summed E-state index contributed by atoms with van der Waals surface area (Å²) < 4.78 is 15.5. The lowest BCUT2D eigenvalue weighted by molar-refractivity contribution is -0.148. The van der Waals surface area contributed by atoms with Gasteiger partial charge in [0.05, 0.1) is 12.5 Å². The van der Waals surface area contributed by atoms with Crippen molar-refractivity contribution >= 4 is 11.9 Å². The fourth-order valence-electron chi connectivity index (χ4n) is 2.59. The Morgan fingerprint density at radius 3 is 2.40 bits per heavy atom. The van der Waals surface area contributed by atoms with Gasteiger partial charge in [-0.1, -0.05) is 43.8 Å². The Balaban J connectivity index is 0.000000396. The fourth-order valence-corrected chi connectivity index (χ4v) is 2.59. The van der Waals surface area contributed by atoms with Crippen LogP contribution < -0.4 is 4.74 Å². The Morgan fingerprint density at radius 1 is 1.20 bits per heavy atom. The van der Waals surface area contributed by atoms with E-state index in [1.54, 1.807) is 31.2 Å². The largest absolute Gasteiger partial charge is 0.463 e. The number of hydrogen-bond acceptors (Lipinski definition) is 6. The Hall–Kier alpha value is -3.59. The topological polar surface area (TPSA) is 85.6 Å². The Bertz CT molecular complexity index is 903. The first-order valence-electron chi connectivity index (χ1n) is 9.70. The number of carbonyl (C=O) groups excluding carboxylic acids is 2. The average molecular weight is 407 g/mol. The summed E-state index contributed by atoms with van der Waals surface area (Å²) in [6, 6.07) is 18.5. The highest BCUT2D eigenvalue weighted by atomic mass is 16.5. The molecule has 1 unspecified atom stereocenters. The van der Waals surface area contributed by atoms with Crippen LogP contribution in [-0.4, -0.2) is 18.5 Å². The van der Waals surface area contributed by atoms with Crippen LogP contribution in [0.1, 0.15) is 31.9 Å². The van der Waals surface area contributed by atoms with Gasteiger partial charge in [-0.2, -0.15) is 5.26 Å². The van der Waals surface area contributed by atoms with Gasteiger partial charge >= 0.3 is 11.9 Å². The maximum Gasteiger partial charge on any atom is 0.330 e. The van der Waals surface area contributed by atoms with E-state index >= 15 is 0 Å². The van der Waals surface area contributed by atoms with Gasteiger partial charge in [0.1, 0.15) is 17.6 Å². The molecule has 30 heavy (non-hydrogen) atoms. The summed E-state index contributed by atoms with van der Waals surface area (Å²) in [5, 5.41) is 9.31. The van der Waals surface area contributed by atoms with Crippen LogP contribution in [0.15, 0.2) is 67.3 Å². The van der Waals surface area contributed by atoms with E-state index in [1.807, 2.05) is 43.3 Å². The molecular formula is C24H25NO5. The van der Waals surface area contributed by atoms with Gasteiger partial charge in [0, 0.05) is 11.6 Å². The number of hydrogen-bond donors (Lipinski definition) is 0. The van der Waals surface area contributed by atoms with Gasteiger partial charge in [0.25, 0.3) is 0 Å². The highest BCUT2D eigenvalue weighted by Crippen LogP contribution is 2.39.